The Bertz CT molecular complexity index is 705. The van der Waals surface area contributed by atoms with Gasteiger partial charge in [0.15, 0.2) is 5.13 Å². The van der Waals surface area contributed by atoms with Crippen molar-refractivity contribution in [1.29, 1.82) is 0 Å². The summed E-state index contributed by atoms with van der Waals surface area (Å²) in [5.41, 5.74) is 2.94. The van der Waals surface area contributed by atoms with Crippen molar-refractivity contribution < 1.29 is 4.79 Å². The molecule has 0 unspecified atom stereocenters. The number of thiazole rings is 1. The van der Waals surface area contributed by atoms with E-state index < -0.39 is 0 Å². The van der Waals surface area contributed by atoms with Gasteiger partial charge in [-0.25, -0.2) is 4.98 Å². The number of carbonyl (C=O) groups excluding carboxylic acids is 1. The van der Waals surface area contributed by atoms with E-state index in [1.54, 1.807) is 11.3 Å². The zero-order valence-electron chi connectivity index (χ0n) is 15.7. The van der Waals surface area contributed by atoms with Crippen LogP contribution >= 0.6 is 11.3 Å². The van der Waals surface area contributed by atoms with Gasteiger partial charge >= 0.3 is 0 Å². The molecule has 6 heteroatoms. The van der Waals surface area contributed by atoms with E-state index in [1.165, 1.54) is 0 Å². The van der Waals surface area contributed by atoms with E-state index in [-0.39, 0.29) is 5.91 Å². The number of piperazine rings is 1. The second kappa shape index (κ2) is 9.14. The van der Waals surface area contributed by atoms with E-state index in [2.05, 4.69) is 34.5 Å². The van der Waals surface area contributed by atoms with Crippen LogP contribution in [0.3, 0.4) is 0 Å². The van der Waals surface area contributed by atoms with Crippen molar-refractivity contribution in [3.05, 3.63) is 29.6 Å². The van der Waals surface area contributed by atoms with Crippen molar-refractivity contribution in [2.45, 2.75) is 32.6 Å². The number of hydrogen-bond acceptors (Lipinski definition) is 5. The zero-order valence-corrected chi connectivity index (χ0v) is 16.5. The quantitative estimate of drug-likeness (QED) is 0.744. The third-order valence-corrected chi connectivity index (χ3v) is 5.64. The maximum Gasteiger partial charge on any atom is 0.224 e. The maximum atomic E-state index is 11.9. The van der Waals surface area contributed by atoms with Gasteiger partial charge in [0.25, 0.3) is 0 Å². The molecule has 1 N–H and O–H groups in total. The van der Waals surface area contributed by atoms with Crippen molar-refractivity contribution in [3.8, 4) is 11.3 Å². The number of aromatic nitrogens is 1. The molecule has 1 aromatic carbocycles. The number of carbonyl (C=O) groups is 1. The average Bonchev–Trinajstić information content (AvgIpc) is 3.13. The Labute approximate surface area is 160 Å². The van der Waals surface area contributed by atoms with Crippen molar-refractivity contribution >= 4 is 28.1 Å². The van der Waals surface area contributed by atoms with E-state index >= 15 is 0 Å². The highest BCUT2D eigenvalue weighted by Crippen LogP contribution is 2.28. The predicted molar refractivity (Wildman–Crippen MR) is 110 cm³/mol. The standard InChI is InChI=1S/C20H28N4OS/c1-3-4-5-6-19(25)21-17-9-7-16(8-10-17)18-15-26-20(22-18)24-13-11-23(2)12-14-24/h7-10,15H,3-6,11-14H2,1-2H3,(H,21,25). The summed E-state index contributed by atoms with van der Waals surface area (Å²) in [6, 6.07) is 7.98. The highest BCUT2D eigenvalue weighted by molar-refractivity contribution is 7.14. The lowest BCUT2D eigenvalue weighted by Crippen LogP contribution is -2.44. The molecule has 0 aliphatic carbocycles. The minimum Gasteiger partial charge on any atom is -0.346 e. The maximum absolute atomic E-state index is 11.9. The first-order valence-electron chi connectivity index (χ1n) is 9.45. The third kappa shape index (κ3) is 5.05. The Balaban J connectivity index is 1.58. The minimum absolute atomic E-state index is 0.0946. The first-order valence-corrected chi connectivity index (χ1v) is 10.3. The van der Waals surface area contributed by atoms with Crippen LogP contribution in [0.1, 0.15) is 32.6 Å². The van der Waals surface area contributed by atoms with Gasteiger partial charge in [-0.2, -0.15) is 0 Å². The Hall–Kier alpha value is -1.92. The number of unbranched alkanes of at least 4 members (excludes halogenated alkanes) is 2. The summed E-state index contributed by atoms with van der Waals surface area (Å²) in [5.74, 6) is 0.0946. The van der Waals surface area contributed by atoms with Gasteiger partial charge in [0.05, 0.1) is 5.69 Å². The number of anilines is 2. The lowest BCUT2D eigenvalue weighted by atomic mass is 10.1. The summed E-state index contributed by atoms with van der Waals surface area (Å²) >= 11 is 1.70. The van der Waals surface area contributed by atoms with Crippen LogP contribution < -0.4 is 10.2 Å². The summed E-state index contributed by atoms with van der Waals surface area (Å²) in [6.07, 6.45) is 3.78. The summed E-state index contributed by atoms with van der Waals surface area (Å²) < 4.78 is 0. The Kier molecular flexibility index (Phi) is 6.63. The molecule has 0 atom stereocenters. The molecule has 2 aromatic rings. The van der Waals surface area contributed by atoms with Gasteiger partial charge in [0, 0.05) is 49.2 Å². The number of rotatable bonds is 7. The number of hydrogen-bond donors (Lipinski definition) is 1. The van der Waals surface area contributed by atoms with Gasteiger partial charge in [-0.3, -0.25) is 4.79 Å². The van der Waals surface area contributed by atoms with Crippen LogP contribution in [0.15, 0.2) is 29.6 Å². The van der Waals surface area contributed by atoms with Crippen LogP contribution in [0.25, 0.3) is 11.3 Å². The molecule has 1 aromatic heterocycles. The third-order valence-electron chi connectivity index (χ3n) is 4.74. The largest absolute Gasteiger partial charge is 0.346 e. The number of amides is 1. The van der Waals surface area contributed by atoms with Gasteiger partial charge in [-0.05, 0) is 25.6 Å². The van der Waals surface area contributed by atoms with Crippen LogP contribution in [-0.4, -0.2) is 49.0 Å². The molecule has 26 heavy (non-hydrogen) atoms. The summed E-state index contributed by atoms with van der Waals surface area (Å²) in [5, 5.41) is 6.19. The molecule has 1 amide bonds. The van der Waals surface area contributed by atoms with E-state index in [1.807, 2.05) is 24.3 Å². The zero-order chi connectivity index (χ0) is 18.4. The number of benzene rings is 1. The van der Waals surface area contributed by atoms with Crippen LogP contribution in [0, 0.1) is 0 Å². The molecule has 2 heterocycles. The van der Waals surface area contributed by atoms with E-state index in [0.29, 0.717) is 6.42 Å². The topological polar surface area (TPSA) is 48.5 Å². The fourth-order valence-corrected chi connectivity index (χ4v) is 3.91. The minimum atomic E-state index is 0.0946. The lowest BCUT2D eigenvalue weighted by molar-refractivity contribution is -0.116. The molecule has 5 nitrogen and oxygen atoms in total. The number of nitrogens with one attached hydrogen (secondary N) is 1. The molecule has 0 bridgehead atoms. The van der Waals surface area contributed by atoms with E-state index in [9.17, 15) is 4.79 Å². The fraction of sp³-hybridized carbons (Fsp3) is 0.500. The van der Waals surface area contributed by atoms with Crippen LogP contribution in [0.2, 0.25) is 0 Å². The predicted octanol–water partition coefficient (Wildman–Crippen LogP) is 4.08. The number of nitrogens with zero attached hydrogens (tertiary/aromatic N) is 3. The smallest absolute Gasteiger partial charge is 0.224 e. The molecule has 1 aliphatic rings. The highest BCUT2D eigenvalue weighted by Gasteiger charge is 2.17. The second-order valence-corrected chi connectivity index (χ2v) is 7.72. The molecule has 0 radical (unpaired) electrons. The first-order chi connectivity index (χ1) is 12.7. The van der Waals surface area contributed by atoms with Crippen molar-refractivity contribution in [3.63, 3.8) is 0 Å². The van der Waals surface area contributed by atoms with Crippen molar-refractivity contribution in [2.75, 3.05) is 43.4 Å². The van der Waals surface area contributed by atoms with Gasteiger partial charge < -0.3 is 15.1 Å². The molecule has 3 rings (SSSR count). The molecular formula is C20H28N4OS. The molecule has 140 valence electrons. The number of likely N-dealkylation sites (N-methyl/N-ethyl adjacent to an activating group) is 1. The monoisotopic (exact) mass is 372 g/mol. The summed E-state index contributed by atoms with van der Waals surface area (Å²) in [6.45, 7) is 6.38. The summed E-state index contributed by atoms with van der Waals surface area (Å²) in [4.78, 5) is 21.4. The average molecular weight is 373 g/mol. The molecule has 1 fully saturated rings. The molecule has 1 aliphatic heterocycles. The highest BCUT2D eigenvalue weighted by atomic mass is 32.1. The Morgan fingerprint density at radius 2 is 1.88 bits per heavy atom. The molecule has 0 saturated carbocycles. The van der Waals surface area contributed by atoms with Crippen molar-refractivity contribution in [1.82, 2.24) is 9.88 Å². The Morgan fingerprint density at radius 1 is 1.15 bits per heavy atom. The fourth-order valence-electron chi connectivity index (χ4n) is 3.02. The van der Waals surface area contributed by atoms with Gasteiger partial charge in [0.1, 0.15) is 0 Å². The van der Waals surface area contributed by atoms with Gasteiger partial charge in [-0.1, -0.05) is 31.9 Å². The lowest BCUT2D eigenvalue weighted by Gasteiger charge is -2.32. The molecular weight excluding hydrogens is 344 g/mol. The molecule has 1 saturated heterocycles. The van der Waals surface area contributed by atoms with Gasteiger partial charge in [0.2, 0.25) is 5.91 Å². The normalized spacial score (nSPS) is 15.2. The van der Waals surface area contributed by atoms with Gasteiger partial charge in [-0.15, -0.1) is 11.3 Å². The second-order valence-electron chi connectivity index (χ2n) is 6.89. The van der Waals surface area contributed by atoms with Crippen LogP contribution in [-0.2, 0) is 4.79 Å². The summed E-state index contributed by atoms with van der Waals surface area (Å²) in [7, 11) is 2.16. The Morgan fingerprint density at radius 3 is 2.58 bits per heavy atom. The van der Waals surface area contributed by atoms with E-state index in [0.717, 1.165) is 67.5 Å². The first kappa shape index (κ1) is 18.9. The molecule has 0 spiro atoms. The van der Waals surface area contributed by atoms with Crippen LogP contribution in [0.4, 0.5) is 10.8 Å². The van der Waals surface area contributed by atoms with Crippen molar-refractivity contribution in [2.24, 2.45) is 0 Å². The van der Waals surface area contributed by atoms with Crippen LogP contribution in [0.5, 0.6) is 0 Å². The van der Waals surface area contributed by atoms with E-state index in [4.69, 9.17) is 4.98 Å². The SMILES string of the molecule is CCCCCC(=O)Nc1ccc(-c2csc(N3CCN(C)CC3)n2)cc1.